The average molecular weight is 460 g/mol. The van der Waals surface area contributed by atoms with Crippen LogP contribution in [0.25, 0.3) is 11.7 Å². The minimum absolute atomic E-state index is 0.124. The third-order valence-corrected chi connectivity index (χ3v) is 7.00. The maximum absolute atomic E-state index is 13.5. The summed E-state index contributed by atoms with van der Waals surface area (Å²) >= 11 is 6.54. The molecule has 31 heavy (non-hydrogen) atoms. The first-order valence-corrected chi connectivity index (χ1v) is 11.5. The number of thioether (sulfide) groups is 1. The molecule has 2 aliphatic heterocycles. The van der Waals surface area contributed by atoms with Crippen molar-refractivity contribution in [1.82, 2.24) is 19.2 Å². The van der Waals surface area contributed by atoms with Crippen LogP contribution < -0.4 is 10.5 Å². The van der Waals surface area contributed by atoms with Crippen molar-refractivity contribution in [1.29, 1.82) is 0 Å². The first-order chi connectivity index (χ1) is 14.9. The van der Waals surface area contributed by atoms with Gasteiger partial charge in [0.05, 0.1) is 17.1 Å². The van der Waals surface area contributed by atoms with E-state index in [9.17, 15) is 14.7 Å². The van der Waals surface area contributed by atoms with Gasteiger partial charge in [0.15, 0.2) is 0 Å². The van der Waals surface area contributed by atoms with Gasteiger partial charge in [0, 0.05) is 45.5 Å². The van der Waals surface area contributed by atoms with E-state index in [-0.39, 0.29) is 18.1 Å². The SMILES string of the molecule is CCN1C(=O)/C(=C/c2c(N3CCN(CCO)CC3)nc3c(C)cccn3c2=O)SC1=S. The van der Waals surface area contributed by atoms with Gasteiger partial charge in [-0.15, -0.1) is 0 Å². The van der Waals surface area contributed by atoms with Crippen molar-refractivity contribution in [3.8, 4) is 0 Å². The van der Waals surface area contributed by atoms with E-state index in [4.69, 9.17) is 17.2 Å². The van der Waals surface area contributed by atoms with Crippen LogP contribution in [-0.4, -0.2) is 80.4 Å². The molecule has 0 aliphatic carbocycles. The lowest BCUT2D eigenvalue weighted by atomic mass is 10.2. The minimum atomic E-state index is -0.205. The Morgan fingerprint density at radius 3 is 2.65 bits per heavy atom. The van der Waals surface area contributed by atoms with Crippen molar-refractivity contribution in [3.05, 3.63) is 44.7 Å². The van der Waals surface area contributed by atoms with Gasteiger partial charge in [-0.25, -0.2) is 4.98 Å². The van der Waals surface area contributed by atoms with Crippen molar-refractivity contribution >= 4 is 51.7 Å². The third kappa shape index (κ3) is 4.12. The van der Waals surface area contributed by atoms with Crippen molar-refractivity contribution in [2.24, 2.45) is 0 Å². The first kappa shape index (κ1) is 21.9. The van der Waals surface area contributed by atoms with Crippen LogP contribution >= 0.6 is 24.0 Å². The molecule has 0 radical (unpaired) electrons. The maximum Gasteiger partial charge on any atom is 0.267 e. The Bertz CT molecular complexity index is 1120. The molecule has 0 aromatic carbocycles. The van der Waals surface area contributed by atoms with E-state index < -0.39 is 0 Å². The number of rotatable bonds is 5. The summed E-state index contributed by atoms with van der Waals surface area (Å²) in [6, 6.07) is 3.75. The predicted molar refractivity (Wildman–Crippen MR) is 127 cm³/mol. The molecule has 8 nitrogen and oxygen atoms in total. The largest absolute Gasteiger partial charge is 0.395 e. The Morgan fingerprint density at radius 2 is 2.00 bits per heavy atom. The summed E-state index contributed by atoms with van der Waals surface area (Å²) in [6.45, 7) is 7.97. The first-order valence-electron chi connectivity index (χ1n) is 10.3. The van der Waals surface area contributed by atoms with E-state index >= 15 is 0 Å². The molecule has 2 aromatic heterocycles. The number of carbonyl (C=O) groups is 1. The van der Waals surface area contributed by atoms with Crippen LogP contribution in [0.4, 0.5) is 5.82 Å². The number of likely N-dealkylation sites (N-methyl/N-ethyl adjacent to an activating group) is 1. The number of thiocarbonyl (C=S) groups is 1. The van der Waals surface area contributed by atoms with Crippen LogP contribution in [0.15, 0.2) is 28.0 Å². The number of pyridine rings is 1. The van der Waals surface area contributed by atoms with Crippen molar-refractivity contribution < 1.29 is 9.90 Å². The highest BCUT2D eigenvalue weighted by molar-refractivity contribution is 8.26. The van der Waals surface area contributed by atoms with Gasteiger partial charge in [-0.1, -0.05) is 30.0 Å². The fourth-order valence-corrected chi connectivity index (χ4v) is 5.26. The number of amides is 1. The van der Waals surface area contributed by atoms with Crippen LogP contribution in [-0.2, 0) is 4.79 Å². The molecule has 2 aliphatic rings. The fraction of sp³-hybridized carbons (Fsp3) is 0.429. The number of piperazine rings is 1. The van der Waals surface area contributed by atoms with Crippen LogP contribution in [0.3, 0.4) is 0 Å². The second-order valence-electron chi connectivity index (χ2n) is 7.52. The normalized spacial score (nSPS) is 19.3. The molecule has 2 aromatic rings. The topological polar surface area (TPSA) is 81.4 Å². The number of aromatic nitrogens is 2. The molecule has 4 heterocycles. The molecule has 0 atom stereocenters. The van der Waals surface area contributed by atoms with Gasteiger partial charge in [0.25, 0.3) is 11.5 Å². The van der Waals surface area contributed by atoms with E-state index in [0.29, 0.717) is 52.4 Å². The number of hydrogen-bond acceptors (Lipinski definition) is 8. The second-order valence-corrected chi connectivity index (χ2v) is 9.19. The van der Waals surface area contributed by atoms with Crippen LogP contribution in [0.1, 0.15) is 18.1 Å². The lowest BCUT2D eigenvalue weighted by Gasteiger charge is -2.35. The van der Waals surface area contributed by atoms with Gasteiger partial charge in [0.2, 0.25) is 0 Å². The number of nitrogens with zero attached hydrogens (tertiary/aromatic N) is 5. The molecular weight excluding hydrogens is 434 g/mol. The van der Waals surface area contributed by atoms with Gasteiger partial charge < -0.3 is 10.0 Å². The molecule has 1 N–H and O–H groups in total. The standard InChI is InChI=1S/C21H25N5O3S2/c1-3-25-20(29)16(31-21(25)30)13-15-18(24-9-7-23(8-10-24)11-12-27)22-17-14(2)5-4-6-26(17)19(15)28/h4-6,13,27H,3,7-12H2,1-2H3/b16-13-. The second kappa shape index (κ2) is 9.07. The maximum atomic E-state index is 13.5. The number of aryl methyl sites for hydroxylation is 1. The number of carbonyl (C=O) groups excluding carboxylic acids is 1. The molecule has 0 saturated carbocycles. The third-order valence-electron chi connectivity index (χ3n) is 5.62. The van der Waals surface area contributed by atoms with Gasteiger partial charge in [0.1, 0.15) is 15.8 Å². The predicted octanol–water partition coefficient (Wildman–Crippen LogP) is 1.34. The Morgan fingerprint density at radius 1 is 1.26 bits per heavy atom. The van der Waals surface area contributed by atoms with Crippen LogP contribution in [0.2, 0.25) is 0 Å². The molecule has 10 heteroatoms. The lowest BCUT2D eigenvalue weighted by molar-refractivity contribution is -0.121. The molecule has 2 saturated heterocycles. The molecule has 4 rings (SSSR count). The highest BCUT2D eigenvalue weighted by Crippen LogP contribution is 2.33. The summed E-state index contributed by atoms with van der Waals surface area (Å²) in [6.07, 6.45) is 3.35. The van der Waals surface area contributed by atoms with E-state index in [1.54, 1.807) is 12.3 Å². The number of aliphatic hydroxyl groups excluding tert-OH is 1. The van der Waals surface area contributed by atoms with E-state index in [2.05, 4.69) is 9.80 Å². The summed E-state index contributed by atoms with van der Waals surface area (Å²) in [5.74, 6) is 0.412. The van der Waals surface area contributed by atoms with Crippen molar-refractivity contribution in [2.45, 2.75) is 13.8 Å². The average Bonchev–Trinajstić information content (AvgIpc) is 3.03. The number of anilines is 1. The van der Waals surface area contributed by atoms with E-state index in [0.717, 1.165) is 18.7 Å². The van der Waals surface area contributed by atoms with Gasteiger partial charge in [-0.3, -0.25) is 23.8 Å². The zero-order valence-corrected chi connectivity index (χ0v) is 19.2. The molecule has 1 amide bonds. The Kier molecular flexibility index (Phi) is 6.42. The summed E-state index contributed by atoms with van der Waals surface area (Å²) in [5, 5.41) is 9.21. The molecule has 0 bridgehead atoms. The minimum Gasteiger partial charge on any atom is -0.395 e. The fourth-order valence-electron chi connectivity index (χ4n) is 3.90. The van der Waals surface area contributed by atoms with E-state index in [1.165, 1.54) is 21.1 Å². The highest BCUT2D eigenvalue weighted by Gasteiger charge is 2.32. The summed E-state index contributed by atoms with van der Waals surface area (Å²) < 4.78 is 2.04. The highest BCUT2D eigenvalue weighted by atomic mass is 32.2. The van der Waals surface area contributed by atoms with Gasteiger partial charge >= 0.3 is 0 Å². The Labute approximate surface area is 190 Å². The number of β-amino-alcohol motifs (C(OH)–C–C–N with tert-alkyl or cyclic N) is 1. The van der Waals surface area contributed by atoms with Crippen molar-refractivity contribution in [2.75, 3.05) is 50.8 Å². The number of aliphatic hydroxyl groups is 1. The summed E-state index contributed by atoms with van der Waals surface area (Å²) in [7, 11) is 0. The lowest BCUT2D eigenvalue weighted by Crippen LogP contribution is -2.48. The van der Waals surface area contributed by atoms with Gasteiger partial charge in [-0.2, -0.15) is 0 Å². The molecule has 2 fully saturated rings. The van der Waals surface area contributed by atoms with Gasteiger partial charge in [-0.05, 0) is 31.6 Å². The Hall–Kier alpha value is -2.27. The molecule has 0 spiro atoms. The van der Waals surface area contributed by atoms with Crippen LogP contribution in [0.5, 0.6) is 0 Å². The molecule has 0 unspecified atom stereocenters. The quantitative estimate of drug-likeness (QED) is 0.530. The smallest absolute Gasteiger partial charge is 0.267 e. The molecule has 164 valence electrons. The molecular formula is C21H25N5O3S2. The van der Waals surface area contributed by atoms with Crippen molar-refractivity contribution in [3.63, 3.8) is 0 Å². The zero-order chi connectivity index (χ0) is 22.1. The Balaban J connectivity index is 1.82. The number of fused-ring (bicyclic) bond motifs is 1. The zero-order valence-electron chi connectivity index (χ0n) is 17.6. The summed E-state index contributed by atoms with van der Waals surface area (Å²) in [5.41, 5.74) is 1.71. The van der Waals surface area contributed by atoms with Crippen LogP contribution in [0, 0.1) is 6.92 Å². The summed E-state index contributed by atoms with van der Waals surface area (Å²) in [4.78, 5) is 37.4. The van der Waals surface area contributed by atoms with E-state index in [1.807, 2.05) is 26.0 Å². The monoisotopic (exact) mass is 459 g/mol. The number of hydrogen-bond donors (Lipinski definition) is 1.